The number of nitrogens with zero attached hydrogens (tertiary/aromatic N) is 2. The van der Waals surface area contributed by atoms with E-state index >= 15 is 0 Å². The van der Waals surface area contributed by atoms with E-state index in [1.165, 1.54) is 5.69 Å². The van der Waals surface area contributed by atoms with Crippen molar-refractivity contribution in [2.45, 2.75) is 26.3 Å². The maximum absolute atomic E-state index is 5.53. The van der Waals surface area contributed by atoms with Crippen LogP contribution >= 0.6 is 15.9 Å². The number of nitrogens with two attached hydrogens (primary N) is 1. The van der Waals surface area contributed by atoms with Gasteiger partial charge in [0.05, 0.1) is 15.9 Å². The van der Waals surface area contributed by atoms with Crippen LogP contribution in [-0.4, -0.2) is 9.78 Å². The highest BCUT2D eigenvalue weighted by Gasteiger charge is 2.14. The molecule has 4 heteroatoms. The van der Waals surface area contributed by atoms with Gasteiger partial charge >= 0.3 is 0 Å². The molecule has 0 aliphatic rings. The Balaban J connectivity index is 3.19. The third-order valence-corrected chi connectivity index (χ3v) is 2.70. The molecule has 0 atom stereocenters. The number of aryl methyl sites for hydroxylation is 1. The second-order valence-electron chi connectivity index (χ2n) is 3.13. The van der Waals surface area contributed by atoms with Crippen molar-refractivity contribution < 1.29 is 0 Å². The van der Waals surface area contributed by atoms with Gasteiger partial charge in [0.25, 0.3) is 0 Å². The van der Waals surface area contributed by atoms with Crippen LogP contribution in [0.25, 0.3) is 0 Å². The van der Waals surface area contributed by atoms with Crippen LogP contribution in [0.1, 0.15) is 31.2 Å². The van der Waals surface area contributed by atoms with Crippen LogP contribution in [0, 0.1) is 0 Å². The van der Waals surface area contributed by atoms with Gasteiger partial charge in [0.1, 0.15) is 0 Å². The molecule has 1 aromatic rings. The number of hydrogen-bond donors (Lipinski definition) is 1. The fourth-order valence-corrected chi connectivity index (χ4v) is 2.28. The van der Waals surface area contributed by atoms with E-state index in [9.17, 15) is 0 Å². The maximum Gasteiger partial charge on any atom is 0.0905 e. The third kappa shape index (κ3) is 1.54. The molecule has 1 aromatic heterocycles. The van der Waals surface area contributed by atoms with E-state index in [1.807, 2.05) is 11.7 Å². The summed E-state index contributed by atoms with van der Waals surface area (Å²) < 4.78 is 2.94. The summed E-state index contributed by atoms with van der Waals surface area (Å²) in [7, 11) is 1.94. The summed E-state index contributed by atoms with van der Waals surface area (Å²) in [6.07, 6.45) is 0. The summed E-state index contributed by atoms with van der Waals surface area (Å²) in [5.41, 5.74) is 7.66. The lowest BCUT2D eigenvalue weighted by Crippen LogP contribution is -2.00. The average molecular weight is 232 g/mol. The Kier molecular flexibility index (Phi) is 2.90. The first-order valence-corrected chi connectivity index (χ1v) is 4.78. The van der Waals surface area contributed by atoms with Crippen molar-refractivity contribution in [3.05, 3.63) is 15.9 Å². The molecular formula is C8H14BrN3. The molecule has 0 fully saturated rings. The van der Waals surface area contributed by atoms with Gasteiger partial charge in [-0.05, 0) is 21.8 Å². The van der Waals surface area contributed by atoms with E-state index in [1.54, 1.807) is 0 Å². The highest BCUT2D eigenvalue weighted by Crippen LogP contribution is 2.26. The minimum Gasteiger partial charge on any atom is -0.325 e. The second kappa shape index (κ2) is 3.58. The molecule has 0 amide bonds. The van der Waals surface area contributed by atoms with Crippen LogP contribution < -0.4 is 5.73 Å². The first kappa shape index (κ1) is 9.74. The van der Waals surface area contributed by atoms with Crippen molar-refractivity contribution in [2.24, 2.45) is 12.8 Å². The highest BCUT2D eigenvalue weighted by atomic mass is 79.9. The van der Waals surface area contributed by atoms with Crippen LogP contribution in [0.5, 0.6) is 0 Å². The molecule has 1 heterocycles. The highest BCUT2D eigenvalue weighted by molar-refractivity contribution is 9.10. The Morgan fingerprint density at radius 3 is 2.42 bits per heavy atom. The van der Waals surface area contributed by atoms with E-state index < -0.39 is 0 Å². The van der Waals surface area contributed by atoms with Crippen LogP contribution in [0.4, 0.5) is 0 Å². The largest absolute Gasteiger partial charge is 0.325 e. The molecule has 0 radical (unpaired) electrons. The minimum atomic E-state index is 0.470. The average Bonchev–Trinajstić information content (AvgIpc) is 2.25. The van der Waals surface area contributed by atoms with E-state index in [0.29, 0.717) is 12.5 Å². The number of halogens is 1. The molecule has 3 nitrogen and oxygen atoms in total. The predicted molar refractivity (Wildman–Crippen MR) is 52.9 cm³/mol. The topological polar surface area (TPSA) is 43.8 Å². The summed E-state index contributed by atoms with van der Waals surface area (Å²) in [6, 6.07) is 0. The monoisotopic (exact) mass is 231 g/mol. The smallest absolute Gasteiger partial charge is 0.0905 e. The zero-order valence-corrected chi connectivity index (χ0v) is 9.22. The second-order valence-corrected chi connectivity index (χ2v) is 3.92. The molecule has 0 unspecified atom stereocenters. The molecule has 1 rings (SSSR count). The molecule has 0 aliphatic heterocycles. The molecule has 0 aliphatic carbocycles. The SMILES string of the molecule is CC(C)c1c(Br)c(CN)nn1C. The third-order valence-electron chi connectivity index (χ3n) is 1.84. The van der Waals surface area contributed by atoms with Gasteiger partial charge in [-0.3, -0.25) is 4.68 Å². The zero-order chi connectivity index (χ0) is 9.30. The van der Waals surface area contributed by atoms with Crippen molar-refractivity contribution in [3.8, 4) is 0 Å². The van der Waals surface area contributed by atoms with E-state index in [-0.39, 0.29) is 0 Å². The summed E-state index contributed by atoms with van der Waals surface area (Å²) in [5.74, 6) is 0.470. The Hall–Kier alpha value is -0.350. The first-order chi connectivity index (χ1) is 5.57. The summed E-state index contributed by atoms with van der Waals surface area (Å²) in [5, 5.41) is 4.29. The summed E-state index contributed by atoms with van der Waals surface area (Å²) >= 11 is 3.50. The van der Waals surface area contributed by atoms with Gasteiger partial charge < -0.3 is 5.73 Å². The lowest BCUT2D eigenvalue weighted by molar-refractivity contribution is 0.660. The van der Waals surface area contributed by atoms with Crippen molar-refractivity contribution in [2.75, 3.05) is 0 Å². The van der Waals surface area contributed by atoms with E-state index in [4.69, 9.17) is 5.73 Å². The van der Waals surface area contributed by atoms with Gasteiger partial charge in [-0.25, -0.2) is 0 Å². The lowest BCUT2D eigenvalue weighted by atomic mass is 10.1. The van der Waals surface area contributed by atoms with Gasteiger partial charge in [-0.1, -0.05) is 13.8 Å². The molecule has 0 saturated carbocycles. The summed E-state index contributed by atoms with van der Waals surface area (Å²) in [6.45, 7) is 4.77. The van der Waals surface area contributed by atoms with Gasteiger partial charge in [-0.15, -0.1) is 0 Å². The number of rotatable bonds is 2. The standard InChI is InChI=1S/C8H14BrN3/c1-5(2)8-7(9)6(4-10)11-12(8)3/h5H,4,10H2,1-3H3. The Morgan fingerprint density at radius 1 is 1.58 bits per heavy atom. The summed E-state index contributed by atoms with van der Waals surface area (Å²) in [4.78, 5) is 0. The number of hydrogen-bond acceptors (Lipinski definition) is 2. The minimum absolute atomic E-state index is 0.470. The lowest BCUT2D eigenvalue weighted by Gasteiger charge is -2.05. The molecular weight excluding hydrogens is 218 g/mol. The molecule has 12 heavy (non-hydrogen) atoms. The molecule has 2 N–H and O–H groups in total. The van der Waals surface area contributed by atoms with Crippen molar-refractivity contribution in [1.29, 1.82) is 0 Å². The molecule has 68 valence electrons. The molecule has 0 saturated heterocycles. The van der Waals surface area contributed by atoms with Crippen LogP contribution in [-0.2, 0) is 13.6 Å². The van der Waals surface area contributed by atoms with Crippen LogP contribution in [0.3, 0.4) is 0 Å². The van der Waals surface area contributed by atoms with E-state index in [2.05, 4.69) is 34.9 Å². The molecule has 0 aromatic carbocycles. The Bertz CT molecular complexity index is 278. The molecule has 0 spiro atoms. The van der Waals surface area contributed by atoms with E-state index in [0.717, 1.165) is 10.2 Å². The quantitative estimate of drug-likeness (QED) is 0.844. The fourth-order valence-electron chi connectivity index (χ4n) is 1.33. The van der Waals surface area contributed by atoms with Gasteiger partial charge in [0.15, 0.2) is 0 Å². The molecule has 0 bridgehead atoms. The van der Waals surface area contributed by atoms with Crippen molar-refractivity contribution in [1.82, 2.24) is 9.78 Å². The van der Waals surface area contributed by atoms with Crippen LogP contribution in [0.2, 0.25) is 0 Å². The zero-order valence-electron chi connectivity index (χ0n) is 7.63. The first-order valence-electron chi connectivity index (χ1n) is 3.99. The van der Waals surface area contributed by atoms with Crippen molar-refractivity contribution in [3.63, 3.8) is 0 Å². The van der Waals surface area contributed by atoms with Crippen LogP contribution in [0.15, 0.2) is 4.47 Å². The normalized spacial score (nSPS) is 11.2. The predicted octanol–water partition coefficient (Wildman–Crippen LogP) is 1.76. The van der Waals surface area contributed by atoms with Gasteiger partial charge in [0.2, 0.25) is 0 Å². The van der Waals surface area contributed by atoms with Gasteiger partial charge in [0, 0.05) is 13.6 Å². The number of aromatic nitrogens is 2. The van der Waals surface area contributed by atoms with Crippen molar-refractivity contribution >= 4 is 15.9 Å². The Labute approximate surface area is 81.1 Å². The van der Waals surface area contributed by atoms with Gasteiger partial charge in [-0.2, -0.15) is 5.10 Å². The Morgan fingerprint density at radius 2 is 2.17 bits per heavy atom. The maximum atomic E-state index is 5.53. The fraction of sp³-hybridized carbons (Fsp3) is 0.625.